The number of rotatable bonds is 6. The van der Waals surface area contributed by atoms with Gasteiger partial charge in [-0.3, -0.25) is 14.5 Å². The Hall–Kier alpha value is -1.36. The van der Waals surface area contributed by atoms with Crippen LogP contribution in [-0.2, 0) is 9.59 Å². The highest BCUT2D eigenvalue weighted by Gasteiger charge is 2.28. The number of nitrogens with zero attached hydrogens (tertiary/aromatic N) is 1. The number of carboxylic acid groups (broad SMARTS) is 1. The number of likely N-dealkylation sites (tertiary alicyclic amines) is 1. The highest BCUT2D eigenvalue weighted by Crippen LogP contribution is 2.19. The van der Waals surface area contributed by atoms with Crippen molar-refractivity contribution < 1.29 is 14.7 Å². The maximum absolute atomic E-state index is 11.8. The van der Waals surface area contributed by atoms with Crippen molar-refractivity contribution in [2.75, 3.05) is 26.2 Å². The number of carbonyl (C=O) groups excluding carboxylic acids is 1. The van der Waals surface area contributed by atoms with Crippen molar-refractivity contribution in [3.8, 4) is 0 Å². The molecule has 1 amide bonds. The lowest BCUT2D eigenvalue weighted by Gasteiger charge is -2.16. The van der Waals surface area contributed by atoms with Gasteiger partial charge in [0.15, 0.2) is 0 Å². The van der Waals surface area contributed by atoms with Crippen LogP contribution >= 0.6 is 0 Å². The molecule has 2 aliphatic rings. The van der Waals surface area contributed by atoms with Gasteiger partial charge in [-0.05, 0) is 45.1 Å². The second-order valence-corrected chi connectivity index (χ2v) is 5.77. The van der Waals surface area contributed by atoms with Gasteiger partial charge in [0.05, 0.1) is 12.5 Å². The van der Waals surface area contributed by atoms with Gasteiger partial charge in [0.2, 0.25) is 5.91 Å². The van der Waals surface area contributed by atoms with Crippen LogP contribution < -0.4 is 5.32 Å². The first-order valence-corrected chi connectivity index (χ1v) is 7.55. The molecule has 0 radical (unpaired) electrons. The highest BCUT2D eigenvalue weighted by molar-refractivity contribution is 5.78. The van der Waals surface area contributed by atoms with E-state index in [1.807, 2.05) is 4.90 Å². The molecule has 0 aromatic rings. The van der Waals surface area contributed by atoms with Crippen LogP contribution in [0.5, 0.6) is 0 Å². The van der Waals surface area contributed by atoms with Crippen LogP contribution in [0.2, 0.25) is 0 Å². The Balaban J connectivity index is 1.61. The molecule has 1 atom stereocenters. The van der Waals surface area contributed by atoms with E-state index < -0.39 is 5.97 Å². The van der Waals surface area contributed by atoms with Gasteiger partial charge in [-0.2, -0.15) is 0 Å². The lowest BCUT2D eigenvalue weighted by molar-refractivity contribution is -0.141. The quantitative estimate of drug-likeness (QED) is 0.722. The first-order valence-electron chi connectivity index (χ1n) is 7.55. The molecule has 20 heavy (non-hydrogen) atoms. The Morgan fingerprint density at radius 1 is 1.40 bits per heavy atom. The molecule has 1 aliphatic heterocycles. The number of carbonyl (C=O) groups is 2. The molecule has 1 aliphatic carbocycles. The monoisotopic (exact) mass is 280 g/mol. The fourth-order valence-corrected chi connectivity index (χ4v) is 2.93. The molecule has 5 heteroatoms. The first-order chi connectivity index (χ1) is 9.65. The maximum Gasteiger partial charge on any atom is 0.307 e. The molecule has 1 unspecified atom stereocenters. The minimum absolute atomic E-state index is 0.00690. The Bertz CT molecular complexity index is 393. The third-order valence-corrected chi connectivity index (χ3v) is 4.14. The van der Waals surface area contributed by atoms with Crippen LogP contribution in [0.4, 0.5) is 0 Å². The number of carboxylic acids is 1. The van der Waals surface area contributed by atoms with Gasteiger partial charge >= 0.3 is 5.97 Å². The molecule has 1 saturated heterocycles. The van der Waals surface area contributed by atoms with Crippen LogP contribution in [0.3, 0.4) is 0 Å². The standard InChI is InChI=1S/C15H24N2O3/c18-14(11-17-9-7-13(10-17)15(19)20)16-8-6-12-4-2-1-3-5-12/h4,13H,1-3,5-11H2,(H,16,18)(H,19,20). The minimum Gasteiger partial charge on any atom is -0.481 e. The fraction of sp³-hybridized carbons (Fsp3) is 0.733. The van der Waals surface area contributed by atoms with Crippen LogP contribution in [0.1, 0.15) is 38.5 Å². The lowest BCUT2D eigenvalue weighted by atomic mass is 9.97. The normalized spacial score (nSPS) is 23.4. The average molecular weight is 280 g/mol. The molecule has 5 nitrogen and oxygen atoms in total. The number of nitrogens with one attached hydrogen (secondary N) is 1. The minimum atomic E-state index is -0.753. The van der Waals surface area contributed by atoms with Gasteiger partial charge in [0.1, 0.15) is 0 Å². The highest BCUT2D eigenvalue weighted by atomic mass is 16.4. The Kier molecular flexibility index (Phi) is 5.59. The molecule has 112 valence electrons. The molecule has 0 saturated carbocycles. The van der Waals surface area contributed by atoms with Crippen molar-refractivity contribution in [2.45, 2.75) is 38.5 Å². The van der Waals surface area contributed by atoms with Crippen LogP contribution in [-0.4, -0.2) is 48.1 Å². The van der Waals surface area contributed by atoms with Crippen LogP contribution in [0, 0.1) is 5.92 Å². The van der Waals surface area contributed by atoms with Gasteiger partial charge in [0.25, 0.3) is 0 Å². The van der Waals surface area contributed by atoms with Gasteiger partial charge in [-0.1, -0.05) is 11.6 Å². The van der Waals surface area contributed by atoms with E-state index >= 15 is 0 Å². The molecule has 0 aromatic carbocycles. The van der Waals surface area contributed by atoms with Gasteiger partial charge < -0.3 is 10.4 Å². The van der Waals surface area contributed by atoms with Gasteiger partial charge in [-0.25, -0.2) is 0 Å². The van der Waals surface area contributed by atoms with Gasteiger partial charge in [-0.15, -0.1) is 0 Å². The summed E-state index contributed by atoms with van der Waals surface area (Å²) in [6.07, 6.45) is 8.79. The number of allylic oxidation sites excluding steroid dienone is 1. The van der Waals surface area contributed by atoms with E-state index in [-0.39, 0.29) is 11.8 Å². The van der Waals surface area contributed by atoms with Crippen molar-refractivity contribution in [2.24, 2.45) is 5.92 Å². The smallest absolute Gasteiger partial charge is 0.307 e. The predicted molar refractivity (Wildman–Crippen MR) is 76.4 cm³/mol. The average Bonchev–Trinajstić information content (AvgIpc) is 2.88. The topological polar surface area (TPSA) is 69.6 Å². The Labute approximate surface area is 120 Å². The predicted octanol–water partition coefficient (Wildman–Crippen LogP) is 1.40. The summed E-state index contributed by atoms with van der Waals surface area (Å²) in [7, 11) is 0. The lowest BCUT2D eigenvalue weighted by Crippen LogP contribution is -2.37. The number of hydrogen-bond acceptors (Lipinski definition) is 3. The first kappa shape index (κ1) is 15.0. The molecule has 2 N–H and O–H groups in total. The second kappa shape index (κ2) is 7.43. The summed E-state index contributed by atoms with van der Waals surface area (Å²) in [5, 5.41) is 11.8. The molecule has 0 bridgehead atoms. The van der Waals surface area contributed by atoms with E-state index in [0.717, 1.165) is 6.42 Å². The second-order valence-electron chi connectivity index (χ2n) is 5.77. The summed E-state index contributed by atoms with van der Waals surface area (Å²) < 4.78 is 0. The molecule has 2 rings (SSSR count). The summed E-state index contributed by atoms with van der Waals surface area (Å²) in [5.74, 6) is -1.06. The number of hydrogen-bond donors (Lipinski definition) is 2. The summed E-state index contributed by atoms with van der Waals surface area (Å²) >= 11 is 0. The molecular formula is C15H24N2O3. The van der Waals surface area contributed by atoms with E-state index in [4.69, 9.17) is 5.11 Å². The summed E-state index contributed by atoms with van der Waals surface area (Å²) in [4.78, 5) is 24.6. The molecule has 1 heterocycles. The fourth-order valence-electron chi connectivity index (χ4n) is 2.93. The van der Waals surface area contributed by atoms with E-state index in [9.17, 15) is 9.59 Å². The van der Waals surface area contributed by atoms with Crippen molar-refractivity contribution in [3.05, 3.63) is 11.6 Å². The Morgan fingerprint density at radius 3 is 2.90 bits per heavy atom. The van der Waals surface area contributed by atoms with Crippen LogP contribution in [0.25, 0.3) is 0 Å². The molecular weight excluding hydrogens is 256 g/mol. The zero-order valence-electron chi connectivity index (χ0n) is 11.9. The summed E-state index contributed by atoms with van der Waals surface area (Å²) in [5.41, 5.74) is 1.46. The van der Waals surface area contributed by atoms with E-state index in [2.05, 4.69) is 11.4 Å². The van der Waals surface area contributed by atoms with E-state index in [1.54, 1.807) is 0 Å². The van der Waals surface area contributed by atoms with Crippen molar-refractivity contribution in [1.82, 2.24) is 10.2 Å². The Morgan fingerprint density at radius 2 is 2.25 bits per heavy atom. The molecule has 0 spiro atoms. The number of aliphatic carboxylic acids is 1. The van der Waals surface area contributed by atoms with Crippen molar-refractivity contribution in [3.63, 3.8) is 0 Å². The third kappa shape index (κ3) is 4.63. The van der Waals surface area contributed by atoms with Crippen LogP contribution in [0.15, 0.2) is 11.6 Å². The van der Waals surface area contributed by atoms with Gasteiger partial charge in [0, 0.05) is 13.1 Å². The third-order valence-electron chi connectivity index (χ3n) is 4.14. The van der Waals surface area contributed by atoms with E-state index in [1.165, 1.54) is 31.3 Å². The van der Waals surface area contributed by atoms with Crippen molar-refractivity contribution >= 4 is 11.9 Å². The zero-order chi connectivity index (χ0) is 14.4. The maximum atomic E-state index is 11.8. The molecule has 1 fully saturated rings. The number of amides is 1. The molecule has 0 aromatic heterocycles. The SMILES string of the molecule is O=C(CN1CCC(C(=O)O)C1)NCCC1=CCCCC1. The summed E-state index contributed by atoms with van der Waals surface area (Å²) in [6.45, 7) is 2.22. The van der Waals surface area contributed by atoms with Crippen molar-refractivity contribution in [1.29, 1.82) is 0 Å². The zero-order valence-corrected chi connectivity index (χ0v) is 11.9. The van der Waals surface area contributed by atoms with E-state index in [0.29, 0.717) is 32.6 Å². The summed E-state index contributed by atoms with van der Waals surface area (Å²) in [6, 6.07) is 0. The largest absolute Gasteiger partial charge is 0.481 e.